The summed E-state index contributed by atoms with van der Waals surface area (Å²) in [4.78, 5) is 1.25. The second-order valence-corrected chi connectivity index (χ2v) is 5.10. The van der Waals surface area contributed by atoms with E-state index in [0.717, 1.165) is 12.3 Å². The van der Waals surface area contributed by atoms with Gasteiger partial charge in [-0.3, -0.25) is 0 Å². The Bertz CT molecular complexity index is 334. The van der Waals surface area contributed by atoms with Crippen molar-refractivity contribution in [2.24, 2.45) is 0 Å². The molecule has 1 saturated heterocycles. The van der Waals surface area contributed by atoms with Crippen molar-refractivity contribution in [2.45, 2.75) is 30.0 Å². The molecular weight excluding hydrogens is 206 g/mol. The van der Waals surface area contributed by atoms with Gasteiger partial charge in [0.15, 0.2) is 0 Å². The van der Waals surface area contributed by atoms with Crippen molar-refractivity contribution in [3.63, 3.8) is 0 Å². The molecule has 0 aliphatic carbocycles. The maximum absolute atomic E-state index is 5.36. The standard InChI is InChI=1S/C12H17NOS/c1-9-5-6-10(14-2)11(8-9)15-12-4-3-7-13-12/h5-6,8,12-13H,3-4,7H2,1-2H3. The fraction of sp³-hybridized carbons (Fsp3) is 0.500. The highest BCUT2D eigenvalue weighted by Crippen LogP contribution is 2.34. The van der Waals surface area contributed by atoms with E-state index < -0.39 is 0 Å². The molecule has 2 rings (SSSR count). The molecule has 1 aliphatic heterocycles. The number of methoxy groups -OCH3 is 1. The van der Waals surface area contributed by atoms with Crippen molar-refractivity contribution in [3.8, 4) is 5.75 Å². The second kappa shape index (κ2) is 4.90. The molecule has 0 radical (unpaired) electrons. The van der Waals surface area contributed by atoms with E-state index in [0.29, 0.717) is 5.37 Å². The number of nitrogens with one attached hydrogen (secondary N) is 1. The van der Waals surface area contributed by atoms with Crippen molar-refractivity contribution < 1.29 is 4.74 Å². The van der Waals surface area contributed by atoms with E-state index >= 15 is 0 Å². The largest absolute Gasteiger partial charge is 0.496 e. The Labute approximate surface area is 95.4 Å². The molecule has 0 amide bonds. The van der Waals surface area contributed by atoms with Gasteiger partial charge in [-0.25, -0.2) is 0 Å². The van der Waals surface area contributed by atoms with Crippen LogP contribution in [-0.4, -0.2) is 19.0 Å². The molecular formula is C12H17NOS. The third-order valence-electron chi connectivity index (χ3n) is 2.60. The summed E-state index contributed by atoms with van der Waals surface area (Å²) in [7, 11) is 1.73. The Hall–Kier alpha value is -0.670. The van der Waals surface area contributed by atoms with Crippen LogP contribution in [0.3, 0.4) is 0 Å². The number of rotatable bonds is 3. The van der Waals surface area contributed by atoms with Crippen LogP contribution in [0.15, 0.2) is 23.1 Å². The lowest BCUT2D eigenvalue weighted by Gasteiger charge is -2.13. The number of ether oxygens (including phenoxy) is 1. The monoisotopic (exact) mass is 223 g/mol. The van der Waals surface area contributed by atoms with Gasteiger partial charge in [-0.15, -0.1) is 11.8 Å². The Morgan fingerprint density at radius 2 is 2.33 bits per heavy atom. The predicted octanol–water partition coefficient (Wildman–Crippen LogP) is 2.81. The maximum atomic E-state index is 5.36. The van der Waals surface area contributed by atoms with E-state index in [4.69, 9.17) is 4.74 Å². The molecule has 1 atom stereocenters. The molecule has 1 fully saturated rings. The minimum absolute atomic E-state index is 0.556. The van der Waals surface area contributed by atoms with Crippen LogP contribution < -0.4 is 10.1 Å². The first-order valence-electron chi connectivity index (χ1n) is 5.34. The van der Waals surface area contributed by atoms with Gasteiger partial charge in [0.05, 0.1) is 17.4 Å². The fourth-order valence-electron chi connectivity index (χ4n) is 1.78. The first-order chi connectivity index (χ1) is 7.29. The lowest BCUT2D eigenvalue weighted by Crippen LogP contribution is -2.16. The molecule has 1 aromatic carbocycles. The van der Waals surface area contributed by atoms with Gasteiger partial charge >= 0.3 is 0 Å². The summed E-state index contributed by atoms with van der Waals surface area (Å²) in [5, 5.41) is 4.04. The van der Waals surface area contributed by atoms with Crippen molar-refractivity contribution in [1.82, 2.24) is 5.32 Å². The minimum Gasteiger partial charge on any atom is -0.496 e. The van der Waals surface area contributed by atoms with Crippen LogP contribution in [-0.2, 0) is 0 Å². The highest BCUT2D eigenvalue weighted by Gasteiger charge is 2.17. The van der Waals surface area contributed by atoms with E-state index in [1.165, 1.54) is 23.3 Å². The maximum Gasteiger partial charge on any atom is 0.132 e. The Kier molecular flexibility index (Phi) is 3.54. The zero-order valence-electron chi connectivity index (χ0n) is 9.25. The van der Waals surface area contributed by atoms with Crippen LogP contribution in [0.5, 0.6) is 5.75 Å². The molecule has 0 spiro atoms. The van der Waals surface area contributed by atoms with Crippen LogP contribution in [0, 0.1) is 6.92 Å². The molecule has 0 aromatic heterocycles. The van der Waals surface area contributed by atoms with Crippen molar-refractivity contribution in [1.29, 1.82) is 0 Å². The number of hydrogen-bond donors (Lipinski definition) is 1. The van der Waals surface area contributed by atoms with E-state index in [1.807, 2.05) is 17.8 Å². The van der Waals surface area contributed by atoms with Gasteiger partial charge in [0.25, 0.3) is 0 Å². The van der Waals surface area contributed by atoms with Crippen molar-refractivity contribution >= 4 is 11.8 Å². The first-order valence-corrected chi connectivity index (χ1v) is 6.22. The molecule has 15 heavy (non-hydrogen) atoms. The van der Waals surface area contributed by atoms with E-state index in [-0.39, 0.29) is 0 Å². The summed E-state index contributed by atoms with van der Waals surface area (Å²) in [5.74, 6) is 0.985. The number of aryl methyl sites for hydroxylation is 1. The summed E-state index contributed by atoms with van der Waals surface area (Å²) >= 11 is 1.88. The molecule has 1 aliphatic rings. The predicted molar refractivity (Wildman–Crippen MR) is 64.6 cm³/mol. The van der Waals surface area contributed by atoms with Crippen LogP contribution in [0.2, 0.25) is 0 Å². The van der Waals surface area contributed by atoms with Gasteiger partial charge < -0.3 is 10.1 Å². The average molecular weight is 223 g/mol. The molecule has 2 nitrogen and oxygen atoms in total. The third kappa shape index (κ3) is 2.67. The molecule has 0 saturated carbocycles. The highest BCUT2D eigenvalue weighted by atomic mass is 32.2. The molecule has 1 N–H and O–H groups in total. The SMILES string of the molecule is COc1ccc(C)cc1SC1CCCN1. The van der Waals surface area contributed by atoms with Crippen LogP contribution in [0.25, 0.3) is 0 Å². The first kappa shape index (κ1) is 10.8. The third-order valence-corrected chi connectivity index (χ3v) is 3.86. The zero-order chi connectivity index (χ0) is 10.7. The molecule has 1 unspecified atom stereocenters. The Balaban J connectivity index is 2.14. The van der Waals surface area contributed by atoms with Gasteiger partial charge in [-0.2, -0.15) is 0 Å². The van der Waals surface area contributed by atoms with Crippen LogP contribution >= 0.6 is 11.8 Å². The molecule has 3 heteroatoms. The average Bonchev–Trinajstić information content (AvgIpc) is 2.71. The minimum atomic E-state index is 0.556. The smallest absolute Gasteiger partial charge is 0.132 e. The van der Waals surface area contributed by atoms with Crippen LogP contribution in [0.1, 0.15) is 18.4 Å². The summed E-state index contributed by atoms with van der Waals surface area (Å²) in [5.41, 5.74) is 1.29. The second-order valence-electron chi connectivity index (χ2n) is 3.86. The van der Waals surface area contributed by atoms with Crippen molar-refractivity contribution in [2.75, 3.05) is 13.7 Å². The van der Waals surface area contributed by atoms with Crippen molar-refractivity contribution in [3.05, 3.63) is 23.8 Å². The Morgan fingerprint density at radius 3 is 3.00 bits per heavy atom. The van der Waals surface area contributed by atoms with Gasteiger partial charge in [-0.1, -0.05) is 6.07 Å². The summed E-state index contributed by atoms with van der Waals surface area (Å²) in [6.45, 7) is 3.26. The van der Waals surface area contributed by atoms with Crippen LogP contribution in [0.4, 0.5) is 0 Å². The lowest BCUT2D eigenvalue weighted by atomic mass is 10.2. The molecule has 1 aromatic rings. The normalized spacial score (nSPS) is 20.5. The highest BCUT2D eigenvalue weighted by molar-refractivity contribution is 8.00. The van der Waals surface area contributed by atoms with Gasteiger partial charge in [-0.05, 0) is 44.0 Å². The van der Waals surface area contributed by atoms with Gasteiger partial charge in [0.1, 0.15) is 5.75 Å². The Morgan fingerprint density at radius 1 is 1.47 bits per heavy atom. The van der Waals surface area contributed by atoms with E-state index in [2.05, 4.69) is 24.4 Å². The fourth-order valence-corrected chi connectivity index (χ4v) is 3.10. The van der Waals surface area contributed by atoms with Gasteiger partial charge in [0, 0.05) is 0 Å². The van der Waals surface area contributed by atoms with Gasteiger partial charge in [0.2, 0.25) is 0 Å². The summed E-state index contributed by atoms with van der Waals surface area (Å²) in [6, 6.07) is 6.33. The number of benzene rings is 1. The van der Waals surface area contributed by atoms with E-state index in [1.54, 1.807) is 7.11 Å². The molecule has 1 heterocycles. The molecule has 0 bridgehead atoms. The number of thioether (sulfide) groups is 1. The number of hydrogen-bond acceptors (Lipinski definition) is 3. The zero-order valence-corrected chi connectivity index (χ0v) is 10.1. The topological polar surface area (TPSA) is 21.3 Å². The lowest BCUT2D eigenvalue weighted by molar-refractivity contribution is 0.404. The van der Waals surface area contributed by atoms with E-state index in [9.17, 15) is 0 Å². The quantitative estimate of drug-likeness (QED) is 0.851. The summed E-state index contributed by atoms with van der Waals surface area (Å²) < 4.78 is 5.36. The summed E-state index contributed by atoms with van der Waals surface area (Å²) in [6.07, 6.45) is 2.54. The molecule has 82 valence electrons.